The monoisotopic (exact) mass is 392 g/mol. The van der Waals surface area contributed by atoms with Crippen LogP contribution >= 0.6 is 35.0 Å². The minimum atomic E-state index is 0.351. The molecule has 9 heteroatoms. The van der Waals surface area contributed by atoms with E-state index in [2.05, 4.69) is 20.7 Å². The number of hydrazone groups is 1. The topological polar surface area (TPSA) is 81.1 Å². The molecule has 0 saturated carbocycles. The fraction of sp³-hybridized carbons (Fsp3) is 0.0625. The highest BCUT2D eigenvalue weighted by Crippen LogP contribution is 2.27. The average molecular weight is 393 g/mol. The van der Waals surface area contributed by atoms with Gasteiger partial charge in [0.1, 0.15) is 0 Å². The molecule has 6 nitrogen and oxygen atoms in total. The standard InChI is InChI=1S/C16H14Cl2N6S/c17-13-7-6-12(8-14(13)18)10-25-16-23-22-15(24(16)19)21-20-9-11-4-2-1-3-5-11/h1-9H,10,19H2,(H,21,22)/b20-9+. The minimum absolute atomic E-state index is 0.351. The maximum absolute atomic E-state index is 6.01. The molecular weight excluding hydrogens is 379 g/mol. The molecule has 0 radical (unpaired) electrons. The van der Waals surface area contributed by atoms with Gasteiger partial charge in [0.25, 0.3) is 5.95 Å². The lowest BCUT2D eigenvalue weighted by Gasteiger charge is -2.04. The van der Waals surface area contributed by atoms with E-state index >= 15 is 0 Å². The summed E-state index contributed by atoms with van der Waals surface area (Å²) in [5, 5.41) is 13.8. The number of nitrogen functional groups attached to an aromatic ring is 1. The Hall–Kier alpha value is -2.22. The molecule has 0 saturated heterocycles. The molecule has 25 heavy (non-hydrogen) atoms. The normalized spacial score (nSPS) is 11.1. The minimum Gasteiger partial charge on any atom is -0.334 e. The number of aromatic nitrogens is 3. The lowest BCUT2D eigenvalue weighted by atomic mass is 10.2. The highest BCUT2D eigenvalue weighted by atomic mass is 35.5. The summed E-state index contributed by atoms with van der Waals surface area (Å²) in [7, 11) is 0. The summed E-state index contributed by atoms with van der Waals surface area (Å²) in [4.78, 5) is 0. The van der Waals surface area contributed by atoms with Crippen molar-refractivity contribution in [1.82, 2.24) is 14.9 Å². The summed E-state index contributed by atoms with van der Waals surface area (Å²) in [6.45, 7) is 0. The van der Waals surface area contributed by atoms with Crippen molar-refractivity contribution in [3.63, 3.8) is 0 Å². The summed E-state index contributed by atoms with van der Waals surface area (Å²) < 4.78 is 1.35. The Balaban J connectivity index is 1.60. The first-order valence-corrected chi connectivity index (χ1v) is 8.99. The third-order valence-corrected chi connectivity index (χ3v) is 4.95. The number of benzene rings is 2. The van der Waals surface area contributed by atoms with Gasteiger partial charge < -0.3 is 5.84 Å². The van der Waals surface area contributed by atoms with E-state index in [1.54, 1.807) is 12.3 Å². The van der Waals surface area contributed by atoms with E-state index in [9.17, 15) is 0 Å². The van der Waals surface area contributed by atoms with Gasteiger partial charge in [-0.25, -0.2) is 10.1 Å². The Morgan fingerprint density at radius 2 is 1.92 bits per heavy atom. The number of nitrogens with one attached hydrogen (secondary N) is 1. The van der Waals surface area contributed by atoms with Crippen molar-refractivity contribution >= 4 is 47.1 Å². The second-order valence-electron chi connectivity index (χ2n) is 4.99. The van der Waals surface area contributed by atoms with Crippen LogP contribution in [0.5, 0.6) is 0 Å². The van der Waals surface area contributed by atoms with Gasteiger partial charge in [-0.2, -0.15) is 5.10 Å². The Morgan fingerprint density at radius 3 is 2.68 bits per heavy atom. The third kappa shape index (κ3) is 4.66. The number of hydrogen-bond donors (Lipinski definition) is 2. The molecule has 1 aromatic heterocycles. The predicted molar refractivity (Wildman–Crippen MR) is 104 cm³/mol. The first-order valence-electron chi connectivity index (χ1n) is 7.25. The molecule has 1 heterocycles. The zero-order valence-corrected chi connectivity index (χ0v) is 15.3. The summed E-state index contributed by atoms with van der Waals surface area (Å²) in [5.74, 6) is 6.98. The van der Waals surface area contributed by atoms with Crippen LogP contribution in [0.25, 0.3) is 0 Å². The fourth-order valence-electron chi connectivity index (χ4n) is 1.93. The number of rotatable bonds is 6. The summed E-state index contributed by atoms with van der Waals surface area (Å²) in [6.07, 6.45) is 1.68. The molecule has 0 fully saturated rings. The van der Waals surface area contributed by atoms with E-state index in [4.69, 9.17) is 29.0 Å². The second-order valence-corrected chi connectivity index (χ2v) is 6.75. The van der Waals surface area contributed by atoms with Crippen LogP contribution in [0.1, 0.15) is 11.1 Å². The molecule has 128 valence electrons. The Bertz CT molecular complexity index is 882. The molecule has 0 aliphatic heterocycles. The number of hydrogen-bond acceptors (Lipinski definition) is 6. The van der Waals surface area contributed by atoms with Crippen LogP contribution in [0.15, 0.2) is 58.8 Å². The van der Waals surface area contributed by atoms with Crippen molar-refractivity contribution < 1.29 is 0 Å². The first-order chi connectivity index (χ1) is 12.1. The molecule has 3 rings (SSSR count). The SMILES string of the molecule is Nn1c(N/N=C/c2ccccc2)nnc1SCc1ccc(Cl)c(Cl)c1. The Kier molecular flexibility index (Phi) is 5.80. The van der Waals surface area contributed by atoms with Crippen LogP contribution < -0.4 is 11.3 Å². The molecule has 0 unspecified atom stereocenters. The highest BCUT2D eigenvalue weighted by Gasteiger charge is 2.10. The number of thioether (sulfide) groups is 1. The Labute approximate surface area is 159 Å². The van der Waals surface area contributed by atoms with E-state index in [-0.39, 0.29) is 0 Å². The van der Waals surface area contributed by atoms with Gasteiger partial charge >= 0.3 is 0 Å². The molecule has 0 aliphatic carbocycles. The lowest BCUT2D eigenvalue weighted by Crippen LogP contribution is -2.13. The summed E-state index contributed by atoms with van der Waals surface area (Å²) in [5.41, 5.74) is 4.76. The maximum Gasteiger partial charge on any atom is 0.264 e. The third-order valence-electron chi connectivity index (χ3n) is 3.19. The van der Waals surface area contributed by atoms with E-state index in [0.717, 1.165) is 11.1 Å². The van der Waals surface area contributed by atoms with E-state index < -0.39 is 0 Å². The molecular formula is C16H14Cl2N6S. The van der Waals surface area contributed by atoms with Crippen molar-refractivity contribution in [2.75, 3.05) is 11.3 Å². The number of anilines is 1. The van der Waals surface area contributed by atoms with Crippen LogP contribution in [0.3, 0.4) is 0 Å². The molecule has 0 spiro atoms. The molecule has 2 aromatic carbocycles. The molecule has 0 aliphatic rings. The summed E-state index contributed by atoms with van der Waals surface area (Å²) >= 11 is 13.4. The lowest BCUT2D eigenvalue weighted by molar-refractivity contribution is 0.847. The number of halogens is 2. The summed E-state index contributed by atoms with van der Waals surface area (Å²) in [6, 6.07) is 15.2. The van der Waals surface area contributed by atoms with Crippen molar-refractivity contribution in [3.8, 4) is 0 Å². The van der Waals surface area contributed by atoms with E-state index in [0.29, 0.717) is 26.9 Å². The van der Waals surface area contributed by atoms with Gasteiger partial charge in [0.05, 0.1) is 16.3 Å². The zero-order valence-electron chi connectivity index (χ0n) is 12.9. The fourth-order valence-corrected chi connectivity index (χ4v) is 3.05. The van der Waals surface area contributed by atoms with Crippen molar-refractivity contribution in [2.24, 2.45) is 5.10 Å². The quantitative estimate of drug-likeness (QED) is 0.286. The highest BCUT2D eigenvalue weighted by molar-refractivity contribution is 7.98. The first kappa shape index (κ1) is 17.6. The number of nitrogens with two attached hydrogens (primary N) is 1. The van der Waals surface area contributed by atoms with Gasteiger partial charge in [0, 0.05) is 5.75 Å². The Morgan fingerprint density at radius 1 is 1.12 bits per heavy atom. The zero-order chi connectivity index (χ0) is 17.6. The van der Waals surface area contributed by atoms with Crippen LogP contribution in [-0.4, -0.2) is 21.1 Å². The maximum atomic E-state index is 6.01. The van der Waals surface area contributed by atoms with Gasteiger partial charge in [-0.1, -0.05) is 71.4 Å². The smallest absolute Gasteiger partial charge is 0.264 e. The molecule has 3 N–H and O–H groups in total. The van der Waals surface area contributed by atoms with Crippen LogP contribution in [0, 0.1) is 0 Å². The van der Waals surface area contributed by atoms with Crippen molar-refractivity contribution in [1.29, 1.82) is 0 Å². The van der Waals surface area contributed by atoms with Gasteiger partial charge in [-0.3, -0.25) is 0 Å². The van der Waals surface area contributed by atoms with Gasteiger partial charge in [-0.15, -0.1) is 10.2 Å². The largest absolute Gasteiger partial charge is 0.334 e. The van der Waals surface area contributed by atoms with Crippen LogP contribution in [0.2, 0.25) is 10.0 Å². The molecule has 0 amide bonds. The van der Waals surface area contributed by atoms with E-state index in [1.807, 2.05) is 42.5 Å². The second kappa shape index (κ2) is 8.24. The van der Waals surface area contributed by atoms with Crippen molar-refractivity contribution in [2.45, 2.75) is 10.9 Å². The molecule has 3 aromatic rings. The molecule has 0 atom stereocenters. The van der Waals surface area contributed by atoms with Gasteiger partial charge in [0.2, 0.25) is 5.16 Å². The number of nitrogens with zero attached hydrogens (tertiary/aromatic N) is 4. The van der Waals surface area contributed by atoms with Crippen LogP contribution in [-0.2, 0) is 5.75 Å². The van der Waals surface area contributed by atoms with Crippen LogP contribution in [0.4, 0.5) is 5.95 Å². The van der Waals surface area contributed by atoms with E-state index in [1.165, 1.54) is 16.4 Å². The van der Waals surface area contributed by atoms with Gasteiger partial charge in [0.15, 0.2) is 0 Å². The predicted octanol–water partition coefficient (Wildman–Crippen LogP) is 4.04. The van der Waals surface area contributed by atoms with Gasteiger partial charge in [-0.05, 0) is 23.3 Å². The average Bonchev–Trinajstić information content (AvgIpc) is 2.97. The molecule has 0 bridgehead atoms. The van der Waals surface area contributed by atoms with Crippen molar-refractivity contribution in [3.05, 3.63) is 69.7 Å².